The number of carbonyl (C=O) groups is 2. The van der Waals surface area contributed by atoms with Crippen molar-refractivity contribution in [3.05, 3.63) is 132 Å². The summed E-state index contributed by atoms with van der Waals surface area (Å²) in [6, 6.07) is 32.1. The lowest BCUT2D eigenvalue weighted by molar-refractivity contribution is -0.147. The Hall–Kier alpha value is -4.59. The van der Waals surface area contributed by atoms with Crippen molar-refractivity contribution in [2.75, 3.05) is 5.09 Å². The Bertz CT molecular complexity index is 1420. The van der Waals surface area contributed by atoms with E-state index in [1.54, 1.807) is 42.5 Å². The number of hydrogen-bond donors (Lipinski definition) is 3. The third-order valence-corrected chi connectivity index (χ3v) is 6.65. The minimum absolute atomic E-state index is 0.0444. The highest BCUT2D eigenvalue weighted by atomic mass is 31.2. The van der Waals surface area contributed by atoms with Crippen LogP contribution in [-0.2, 0) is 38.5 Å². The smallest absolute Gasteiger partial charge is 0.459 e. The van der Waals surface area contributed by atoms with Gasteiger partial charge in [-0.25, -0.2) is 14.2 Å². The van der Waals surface area contributed by atoms with E-state index in [1.807, 2.05) is 60.7 Å². The van der Waals surface area contributed by atoms with Gasteiger partial charge in [-0.15, -0.1) is 0 Å². The largest absolute Gasteiger partial charge is 0.483 e. The van der Waals surface area contributed by atoms with Crippen LogP contribution in [0.5, 0.6) is 5.75 Å². The van der Waals surface area contributed by atoms with Gasteiger partial charge in [0.1, 0.15) is 25.0 Å². The molecule has 0 radical (unpaired) electrons. The highest BCUT2D eigenvalue weighted by Crippen LogP contribution is 2.42. The number of ether oxygens (including phenoxy) is 2. The van der Waals surface area contributed by atoms with Crippen LogP contribution in [0.4, 0.5) is 10.5 Å². The molecule has 0 spiro atoms. The van der Waals surface area contributed by atoms with E-state index in [9.17, 15) is 19.0 Å². The van der Waals surface area contributed by atoms with E-state index in [1.165, 1.54) is 12.1 Å². The lowest BCUT2D eigenvalue weighted by Gasteiger charge is -2.18. The predicted octanol–water partition coefficient (Wildman–Crippen LogP) is 5.86. The topological polar surface area (TPSA) is 123 Å². The fourth-order valence-corrected chi connectivity index (χ4v) is 4.62. The number of amides is 1. The van der Waals surface area contributed by atoms with E-state index in [4.69, 9.17) is 14.0 Å². The lowest BCUT2D eigenvalue weighted by Crippen LogP contribution is -2.43. The summed E-state index contributed by atoms with van der Waals surface area (Å²) in [5.41, 5.74) is 2.70. The maximum absolute atomic E-state index is 13.0. The predicted molar refractivity (Wildman–Crippen MR) is 150 cm³/mol. The Kier molecular flexibility index (Phi) is 9.93. The van der Waals surface area contributed by atoms with Crippen molar-refractivity contribution >= 4 is 25.5 Å². The molecular formula is C30H29N2O7P. The molecule has 4 aromatic carbocycles. The molecule has 9 nitrogen and oxygen atoms in total. The Balaban J connectivity index is 1.39. The van der Waals surface area contributed by atoms with Crippen LogP contribution in [0.1, 0.15) is 16.7 Å². The highest BCUT2D eigenvalue weighted by Gasteiger charge is 2.25. The average Bonchev–Trinajstić information content (AvgIpc) is 2.96. The molecule has 3 N–H and O–H groups in total. The molecule has 0 aromatic heterocycles. The number of anilines is 1. The van der Waals surface area contributed by atoms with Gasteiger partial charge < -0.3 is 19.3 Å². The number of para-hydroxylation sites is 1. The van der Waals surface area contributed by atoms with Gasteiger partial charge in [0.05, 0.1) is 0 Å². The van der Waals surface area contributed by atoms with Crippen molar-refractivity contribution in [3.63, 3.8) is 0 Å². The van der Waals surface area contributed by atoms with Gasteiger partial charge in [-0.3, -0.25) is 9.98 Å². The fourth-order valence-electron chi connectivity index (χ4n) is 3.69. The summed E-state index contributed by atoms with van der Waals surface area (Å²) in [7, 11) is -4.18. The van der Waals surface area contributed by atoms with E-state index in [-0.39, 0.29) is 25.4 Å². The summed E-state index contributed by atoms with van der Waals surface area (Å²) >= 11 is 0. The van der Waals surface area contributed by atoms with Crippen molar-refractivity contribution in [2.45, 2.75) is 25.7 Å². The quantitative estimate of drug-likeness (QED) is 0.146. The van der Waals surface area contributed by atoms with E-state index in [0.29, 0.717) is 11.3 Å². The molecule has 4 rings (SSSR count). The Morgan fingerprint density at radius 2 is 1.23 bits per heavy atom. The van der Waals surface area contributed by atoms with Gasteiger partial charge in [-0.2, -0.15) is 0 Å². The zero-order chi connectivity index (χ0) is 28.2. The van der Waals surface area contributed by atoms with Crippen LogP contribution in [0.25, 0.3) is 0 Å². The zero-order valence-corrected chi connectivity index (χ0v) is 22.4. The number of nitrogens with one attached hydrogen (secondary N) is 2. The minimum Gasteiger partial charge on any atom is -0.459 e. The molecule has 0 saturated heterocycles. The monoisotopic (exact) mass is 560 g/mol. The van der Waals surface area contributed by atoms with Gasteiger partial charge in [0, 0.05) is 12.1 Å². The molecule has 10 heteroatoms. The number of benzene rings is 4. The van der Waals surface area contributed by atoms with Crippen molar-refractivity contribution in [1.29, 1.82) is 0 Å². The Morgan fingerprint density at radius 1 is 0.700 bits per heavy atom. The summed E-state index contributed by atoms with van der Waals surface area (Å²) in [4.78, 5) is 35.7. The number of esters is 1. The summed E-state index contributed by atoms with van der Waals surface area (Å²) in [5.74, 6) is -0.482. The second kappa shape index (κ2) is 14.0. The van der Waals surface area contributed by atoms with Crippen LogP contribution in [0, 0.1) is 0 Å². The number of rotatable bonds is 12. The Morgan fingerprint density at radius 3 is 1.80 bits per heavy atom. The van der Waals surface area contributed by atoms with E-state index >= 15 is 0 Å². The summed E-state index contributed by atoms with van der Waals surface area (Å²) < 4.78 is 28.5. The van der Waals surface area contributed by atoms with Gasteiger partial charge in [-0.1, -0.05) is 91.0 Å². The summed E-state index contributed by atoms with van der Waals surface area (Å²) in [6.45, 7) is 0.0899. The summed E-state index contributed by atoms with van der Waals surface area (Å²) in [6.07, 6.45) is -0.674. The third-order valence-electron chi connectivity index (χ3n) is 5.65. The molecule has 0 fully saturated rings. The number of hydrogen-bond acceptors (Lipinski definition) is 6. The first-order chi connectivity index (χ1) is 19.4. The molecule has 40 heavy (non-hydrogen) atoms. The first kappa shape index (κ1) is 28.4. The number of carbonyl (C=O) groups excluding carboxylic acids is 2. The molecule has 0 heterocycles. The van der Waals surface area contributed by atoms with Crippen molar-refractivity contribution in [2.24, 2.45) is 0 Å². The second-order valence-corrected chi connectivity index (χ2v) is 10.2. The molecule has 1 amide bonds. The minimum atomic E-state index is -4.18. The van der Waals surface area contributed by atoms with Gasteiger partial charge in [0.15, 0.2) is 0 Å². The molecule has 0 aliphatic rings. The van der Waals surface area contributed by atoms with E-state index in [2.05, 4.69) is 10.4 Å². The molecule has 0 bridgehead atoms. The van der Waals surface area contributed by atoms with E-state index in [0.717, 1.165) is 11.1 Å². The van der Waals surface area contributed by atoms with Gasteiger partial charge in [0.2, 0.25) is 0 Å². The van der Waals surface area contributed by atoms with Gasteiger partial charge >= 0.3 is 19.8 Å². The zero-order valence-electron chi connectivity index (χ0n) is 21.5. The first-order valence-corrected chi connectivity index (χ1v) is 14.1. The molecule has 0 aliphatic carbocycles. The molecule has 1 unspecified atom stereocenters. The molecule has 206 valence electrons. The van der Waals surface area contributed by atoms with Gasteiger partial charge in [-0.05, 0) is 41.0 Å². The van der Waals surface area contributed by atoms with Crippen LogP contribution in [0.3, 0.4) is 0 Å². The molecule has 4 aromatic rings. The van der Waals surface area contributed by atoms with Crippen LogP contribution in [-0.4, -0.2) is 23.0 Å². The third kappa shape index (κ3) is 9.31. The molecular weight excluding hydrogens is 531 g/mol. The van der Waals surface area contributed by atoms with Crippen LogP contribution < -0.4 is 14.9 Å². The standard InChI is InChI=1S/C30H29N2O7P/c33-29(37-21-24-10-4-1-5-11-24)28(31-30(34)38-22-25-12-6-2-7-13-25)20-23-16-18-27(19-17-23)39-40(35,36)32-26-14-8-3-9-15-26/h1-19,28H,20-22H2,(H,31,34)(H2,32,35,36)/t28-/m0/s1. The normalized spacial score (nSPS) is 12.8. The Labute approximate surface area is 232 Å². The average molecular weight is 561 g/mol. The van der Waals surface area contributed by atoms with Crippen molar-refractivity contribution < 1.29 is 33.0 Å². The second-order valence-electron chi connectivity index (χ2n) is 8.79. The first-order valence-electron chi connectivity index (χ1n) is 12.5. The highest BCUT2D eigenvalue weighted by molar-refractivity contribution is 7.54. The van der Waals surface area contributed by atoms with Crippen molar-refractivity contribution in [1.82, 2.24) is 5.32 Å². The lowest BCUT2D eigenvalue weighted by atomic mass is 10.1. The van der Waals surface area contributed by atoms with Crippen LogP contribution in [0.15, 0.2) is 115 Å². The molecule has 0 saturated carbocycles. The maximum atomic E-state index is 13.0. The SMILES string of the molecule is O=C(N[C@@H](Cc1ccc(OP(=O)(O)Nc2ccccc2)cc1)C(=O)OCc1ccccc1)OCc1ccccc1. The number of alkyl carbamates (subject to hydrolysis) is 1. The molecule has 2 atom stereocenters. The van der Waals surface area contributed by atoms with Gasteiger partial charge in [0.25, 0.3) is 0 Å². The maximum Gasteiger partial charge on any atom is 0.483 e. The fraction of sp³-hybridized carbons (Fsp3) is 0.133. The van der Waals surface area contributed by atoms with Crippen LogP contribution >= 0.6 is 7.75 Å². The van der Waals surface area contributed by atoms with Crippen LogP contribution in [0.2, 0.25) is 0 Å². The van der Waals surface area contributed by atoms with Crippen molar-refractivity contribution in [3.8, 4) is 5.75 Å². The summed E-state index contributed by atoms with van der Waals surface area (Å²) in [5, 5.41) is 5.06. The molecule has 0 aliphatic heterocycles. The van der Waals surface area contributed by atoms with E-state index < -0.39 is 25.9 Å².